The van der Waals surface area contributed by atoms with Crippen LogP contribution < -0.4 is 10.6 Å². The minimum Gasteiger partial charge on any atom is -0.462 e. The fourth-order valence-electron chi connectivity index (χ4n) is 3.07. The molecule has 1 aliphatic carbocycles. The number of amides is 1. The maximum absolute atomic E-state index is 12.0. The van der Waals surface area contributed by atoms with Gasteiger partial charge in [-0.15, -0.1) is 0 Å². The zero-order valence-electron chi connectivity index (χ0n) is 15.4. The number of carbonyl (C=O) groups excluding carboxylic acids is 2. The first kappa shape index (κ1) is 20.4. The minimum atomic E-state index is -0.326. The molecule has 2 N–H and O–H groups in total. The number of anilines is 1. The van der Waals surface area contributed by atoms with E-state index < -0.39 is 0 Å². The van der Waals surface area contributed by atoms with Crippen molar-refractivity contribution in [2.24, 2.45) is 5.92 Å². The Labute approximate surface area is 160 Å². The highest BCUT2D eigenvalue weighted by Crippen LogP contribution is 2.28. The van der Waals surface area contributed by atoms with Crippen molar-refractivity contribution in [2.75, 3.05) is 11.9 Å². The van der Waals surface area contributed by atoms with Crippen molar-refractivity contribution in [3.8, 4) is 0 Å². The third-order valence-electron chi connectivity index (χ3n) is 4.62. The lowest BCUT2D eigenvalue weighted by atomic mass is 10.0. The first-order chi connectivity index (χ1) is 12.6. The number of ether oxygens (including phenoxy) is 1. The summed E-state index contributed by atoms with van der Waals surface area (Å²) >= 11 is 5.18. The third kappa shape index (κ3) is 7.12. The van der Waals surface area contributed by atoms with E-state index in [2.05, 4.69) is 10.6 Å². The molecule has 5 nitrogen and oxygen atoms in total. The number of benzene rings is 1. The number of esters is 1. The first-order valence-corrected chi connectivity index (χ1v) is 9.87. The highest BCUT2D eigenvalue weighted by molar-refractivity contribution is 7.80. The van der Waals surface area contributed by atoms with Crippen molar-refractivity contribution in [1.29, 1.82) is 0 Å². The Bertz CT molecular complexity index is 610. The molecule has 0 radical (unpaired) electrons. The number of carbonyl (C=O) groups is 2. The molecule has 0 atom stereocenters. The first-order valence-electron chi connectivity index (χ1n) is 9.46. The van der Waals surface area contributed by atoms with Crippen molar-refractivity contribution < 1.29 is 14.3 Å². The Hall–Kier alpha value is -1.95. The molecule has 1 saturated carbocycles. The summed E-state index contributed by atoms with van der Waals surface area (Å²) in [6.07, 6.45) is 8.34. The highest BCUT2D eigenvalue weighted by atomic mass is 32.1. The van der Waals surface area contributed by atoms with Crippen molar-refractivity contribution in [1.82, 2.24) is 5.32 Å². The molecule has 1 amide bonds. The highest BCUT2D eigenvalue weighted by Gasteiger charge is 2.16. The Balaban J connectivity index is 1.72. The summed E-state index contributed by atoms with van der Waals surface area (Å²) < 4.78 is 5.17. The smallest absolute Gasteiger partial charge is 0.338 e. The van der Waals surface area contributed by atoms with Crippen LogP contribution in [-0.4, -0.2) is 23.6 Å². The molecule has 0 spiro atoms. The second-order valence-electron chi connectivity index (χ2n) is 6.76. The molecular formula is C20H28N2O3S. The number of hydrogen-bond donors (Lipinski definition) is 2. The summed E-state index contributed by atoms with van der Waals surface area (Å²) in [6, 6.07) is 6.85. The average Bonchev–Trinajstić information content (AvgIpc) is 3.14. The maximum atomic E-state index is 12.0. The van der Waals surface area contributed by atoms with Gasteiger partial charge >= 0.3 is 5.97 Å². The van der Waals surface area contributed by atoms with Crippen LogP contribution in [0, 0.1) is 5.92 Å². The van der Waals surface area contributed by atoms with E-state index >= 15 is 0 Å². The van der Waals surface area contributed by atoms with E-state index in [-0.39, 0.29) is 17.0 Å². The van der Waals surface area contributed by atoms with E-state index in [1.807, 2.05) is 6.92 Å². The van der Waals surface area contributed by atoms with Crippen molar-refractivity contribution in [3.63, 3.8) is 0 Å². The van der Waals surface area contributed by atoms with Gasteiger partial charge in [0.25, 0.3) is 0 Å². The van der Waals surface area contributed by atoms with E-state index in [0.717, 1.165) is 24.9 Å². The molecule has 1 aromatic carbocycles. The molecule has 1 aliphatic rings. The molecule has 142 valence electrons. The van der Waals surface area contributed by atoms with Crippen LogP contribution in [0.4, 0.5) is 5.69 Å². The molecule has 0 bridgehead atoms. The van der Waals surface area contributed by atoms with Crippen molar-refractivity contribution in [2.45, 2.75) is 58.3 Å². The van der Waals surface area contributed by atoms with Gasteiger partial charge in [-0.25, -0.2) is 4.79 Å². The lowest BCUT2D eigenvalue weighted by molar-refractivity contribution is -0.119. The van der Waals surface area contributed by atoms with Gasteiger partial charge in [0.1, 0.15) is 0 Å². The standard InChI is InChI=1S/C20H28N2O3S/c1-2-3-14-25-19(24)16-9-11-17(12-10-16)21-20(26)22-18(23)13-8-15-6-4-5-7-15/h9-12,15H,2-8,13-14H2,1H3,(H2,21,22,23,26). The second kappa shape index (κ2) is 10.9. The van der Waals surface area contributed by atoms with Gasteiger partial charge in [-0.3, -0.25) is 4.79 Å². The van der Waals surface area contributed by atoms with Gasteiger partial charge < -0.3 is 15.4 Å². The predicted molar refractivity (Wildman–Crippen MR) is 107 cm³/mol. The molecule has 26 heavy (non-hydrogen) atoms. The Morgan fingerprint density at radius 3 is 2.54 bits per heavy atom. The second-order valence-corrected chi connectivity index (χ2v) is 7.17. The lowest BCUT2D eigenvalue weighted by Gasteiger charge is -2.11. The quantitative estimate of drug-likeness (QED) is 0.399. The summed E-state index contributed by atoms with van der Waals surface area (Å²) in [6.45, 7) is 2.48. The van der Waals surface area contributed by atoms with Crippen LogP contribution in [0.1, 0.15) is 68.6 Å². The van der Waals surface area contributed by atoms with Gasteiger partial charge in [-0.05, 0) is 55.2 Å². The monoisotopic (exact) mass is 376 g/mol. The summed E-state index contributed by atoms with van der Waals surface area (Å²) in [7, 11) is 0. The fourth-order valence-corrected chi connectivity index (χ4v) is 3.30. The molecule has 0 aliphatic heterocycles. The van der Waals surface area contributed by atoms with Gasteiger partial charge in [0.2, 0.25) is 5.91 Å². The van der Waals surface area contributed by atoms with Gasteiger partial charge in [0, 0.05) is 12.1 Å². The lowest BCUT2D eigenvalue weighted by Crippen LogP contribution is -2.34. The van der Waals surface area contributed by atoms with Crippen LogP contribution in [0.5, 0.6) is 0 Å². The summed E-state index contributed by atoms with van der Waals surface area (Å²) in [5.41, 5.74) is 1.22. The van der Waals surface area contributed by atoms with Crippen LogP contribution >= 0.6 is 12.2 Å². The molecule has 0 heterocycles. The summed E-state index contributed by atoms with van der Waals surface area (Å²) in [5.74, 6) is 0.310. The number of thiocarbonyl (C=S) groups is 1. The molecular weight excluding hydrogens is 348 g/mol. The van der Waals surface area contributed by atoms with Crippen LogP contribution in [-0.2, 0) is 9.53 Å². The number of rotatable bonds is 8. The van der Waals surface area contributed by atoms with Crippen molar-refractivity contribution in [3.05, 3.63) is 29.8 Å². The van der Waals surface area contributed by atoms with E-state index in [9.17, 15) is 9.59 Å². The van der Waals surface area contributed by atoms with Gasteiger partial charge in [-0.2, -0.15) is 0 Å². The van der Waals surface area contributed by atoms with Crippen LogP contribution in [0.2, 0.25) is 0 Å². The zero-order valence-corrected chi connectivity index (χ0v) is 16.2. The summed E-state index contributed by atoms with van der Waals surface area (Å²) in [4.78, 5) is 23.8. The SMILES string of the molecule is CCCCOC(=O)c1ccc(NC(=S)NC(=O)CCC2CCCC2)cc1. The van der Waals surface area contributed by atoms with Gasteiger partial charge in [0.15, 0.2) is 5.11 Å². The number of hydrogen-bond acceptors (Lipinski definition) is 4. The summed E-state index contributed by atoms with van der Waals surface area (Å²) in [5, 5.41) is 5.96. The van der Waals surface area contributed by atoms with Crippen molar-refractivity contribution >= 4 is 34.9 Å². The zero-order chi connectivity index (χ0) is 18.8. The Kier molecular flexibility index (Phi) is 8.54. The Morgan fingerprint density at radius 2 is 1.88 bits per heavy atom. The van der Waals surface area contributed by atoms with Gasteiger partial charge in [0.05, 0.1) is 12.2 Å². The predicted octanol–water partition coefficient (Wildman–Crippen LogP) is 4.43. The Morgan fingerprint density at radius 1 is 1.19 bits per heavy atom. The molecule has 1 fully saturated rings. The third-order valence-corrected chi connectivity index (χ3v) is 4.82. The fraction of sp³-hybridized carbons (Fsp3) is 0.550. The van der Waals surface area contributed by atoms with Crippen LogP contribution in [0.3, 0.4) is 0 Å². The molecule has 0 aromatic heterocycles. The van der Waals surface area contributed by atoms with E-state index in [1.165, 1.54) is 25.7 Å². The normalized spacial score (nSPS) is 14.0. The molecule has 0 saturated heterocycles. The van der Waals surface area contributed by atoms with Crippen LogP contribution in [0.15, 0.2) is 24.3 Å². The number of nitrogens with one attached hydrogen (secondary N) is 2. The van der Waals surface area contributed by atoms with E-state index in [4.69, 9.17) is 17.0 Å². The van der Waals surface area contributed by atoms with Crippen LogP contribution in [0.25, 0.3) is 0 Å². The molecule has 6 heteroatoms. The maximum Gasteiger partial charge on any atom is 0.338 e. The van der Waals surface area contributed by atoms with E-state index in [1.54, 1.807) is 24.3 Å². The molecule has 2 rings (SSSR count). The minimum absolute atomic E-state index is 0.0504. The average molecular weight is 377 g/mol. The number of unbranched alkanes of at least 4 members (excludes halogenated alkanes) is 1. The van der Waals surface area contributed by atoms with Gasteiger partial charge in [-0.1, -0.05) is 39.0 Å². The topological polar surface area (TPSA) is 67.4 Å². The largest absolute Gasteiger partial charge is 0.462 e. The molecule has 0 unspecified atom stereocenters. The van der Waals surface area contributed by atoms with E-state index in [0.29, 0.717) is 24.5 Å². The molecule has 1 aromatic rings.